The van der Waals surface area contributed by atoms with Gasteiger partial charge in [-0.1, -0.05) is 37.6 Å². The molecular formula is C29H39N7O7. The molecule has 2 aliphatic heterocycles. The number of hydrogen-bond acceptors (Lipinski definition) is 9. The molecule has 0 fully saturated rings. The highest BCUT2D eigenvalue weighted by Crippen LogP contribution is 2.42. The lowest BCUT2D eigenvalue weighted by molar-refractivity contribution is -0.159. The zero-order chi connectivity index (χ0) is 31.5. The number of aromatic amines is 1. The van der Waals surface area contributed by atoms with E-state index in [1.165, 1.54) is 16.8 Å². The molecule has 4 rings (SSSR count). The molecule has 3 heterocycles. The molecule has 2 aromatic rings. The number of nitrogens with zero attached hydrogens (tertiary/aromatic N) is 4. The molecule has 0 bridgehead atoms. The summed E-state index contributed by atoms with van der Waals surface area (Å²) in [5.74, 6) is -2.64. The zero-order valence-electron chi connectivity index (χ0n) is 25.3. The summed E-state index contributed by atoms with van der Waals surface area (Å²) in [4.78, 5) is 68.9. The Labute approximate surface area is 249 Å². The van der Waals surface area contributed by atoms with Gasteiger partial charge in [0, 0.05) is 19.7 Å². The second-order valence-corrected chi connectivity index (χ2v) is 11.8. The van der Waals surface area contributed by atoms with Crippen molar-refractivity contribution in [3.05, 3.63) is 35.7 Å². The Bertz CT molecular complexity index is 1370. The maximum absolute atomic E-state index is 14.0. The fourth-order valence-electron chi connectivity index (χ4n) is 5.25. The van der Waals surface area contributed by atoms with Crippen LogP contribution in [0.3, 0.4) is 0 Å². The van der Waals surface area contributed by atoms with Crippen molar-refractivity contribution < 1.29 is 33.4 Å². The first-order valence-corrected chi connectivity index (χ1v) is 14.3. The largest absolute Gasteiger partial charge is 0.489 e. The molecule has 4 amide bonds. The highest BCUT2D eigenvalue weighted by molar-refractivity contribution is 6.08. The number of benzene rings is 1. The topological polar surface area (TPSA) is 176 Å². The number of rotatable bonds is 10. The van der Waals surface area contributed by atoms with Crippen LogP contribution in [-0.2, 0) is 41.7 Å². The number of likely N-dealkylation sites (N-methyl/N-ethyl adjacent to an activating group) is 1. The predicted octanol–water partition coefficient (Wildman–Crippen LogP) is 0.861. The van der Waals surface area contributed by atoms with E-state index in [0.717, 1.165) is 5.56 Å². The number of esters is 1. The zero-order valence-corrected chi connectivity index (χ0v) is 25.3. The molecule has 14 heteroatoms. The number of hydrogen-bond donors (Lipinski definition) is 3. The molecule has 14 nitrogen and oxygen atoms in total. The number of amides is 4. The molecule has 0 unspecified atom stereocenters. The van der Waals surface area contributed by atoms with Gasteiger partial charge in [-0.25, -0.2) is 0 Å². The Morgan fingerprint density at radius 1 is 1.26 bits per heavy atom. The third kappa shape index (κ3) is 7.12. The lowest BCUT2D eigenvalue weighted by atomic mass is 9.96. The molecule has 232 valence electrons. The van der Waals surface area contributed by atoms with Crippen LogP contribution in [0.15, 0.2) is 24.4 Å². The first-order valence-electron chi connectivity index (χ1n) is 14.3. The lowest BCUT2D eigenvalue weighted by Gasteiger charge is -2.33. The van der Waals surface area contributed by atoms with E-state index in [2.05, 4.69) is 26.0 Å². The molecule has 4 atom stereocenters. The van der Waals surface area contributed by atoms with Crippen LogP contribution in [0.5, 0.6) is 5.75 Å². The van der Waals surface area contributed by atoms with Crippen LogP contribution in [0, 0.1) is 5.92 Å². The summed E-state index contributed by atoms with van der Waals surface area (Å²) in [6.45, 7) is 8.74. The van der Waals surface area contributed by atoms with Gasteiger partial charge in [-0.3, -0.25) is 34.0 Å². The number of ether oxygens (including phenoxy) is 2. The lowest BCUT2D eigenvalue weighted by Crippen LogP contribution is -2.59. The van der Waals surface area contributed by atoms with Crippen molar-refractivity contribution in [3.63, 3.8) is 0 Å². The number of H-pyrrole nitrogens is 1. The number of aromatic nitrogens is 3. The van der Waals surface area contributed by atoms with E-state index in [-0.39, 0.29) is 25.5 Å². The first-order chi connectivity index (χ1) is 20.3. The summed E-state index contributed by atoms with van der Waals surface area (Å²) < 4.78 is 11.2. The highest BCUT2D eigenvalue weighted by atomic mass is 16.6. The van der Waals surface area contributed by atoms with E-state index in [4.69, 9.17) is 9.47 Å². The smallest absolute Gasteiger partial charge is 0.315 e. The molecule has 3 N–H and O–H groups in total. The molecule has 0 aliphatic carbocycles. The summed E-state index contributed by atoms with van der Waals surface area (Å²) in [5.41, 5.74) is 1.03. The Morgan fingerprint density at radius 2 is 2.00 bits per heavy atom. The van der Waals surface area contributed by atoms with E-state index in [0.29, 0.717) is 23.6 Å². The van der Waals surface area contributed by atoms with Gasteiger partial charge >= 0.3 is 5.97 Å². The number of carbonyl (C=O) groups excluding carboxylic acids is 5. The molecule has 1 aromatic heterocycles. The van der Waals surface area contributed by atoms with Crippen molar-refractivity contribution >= 4 is 35.3 Å². The van der Waals surface area contributed by atoms with Gasteiger partial charge in [0.25, 0.3) is 5.91 Å². The average molecular weight is 598 g/mol. The minimum Gasteiger partial charge on any atom is -0.489 e. The molecule has 0 saturated heterocycles. The highest BCUT2D eigenvalue weighted by Gasteiger charge is 2.46. The Hall–Kier alpha value is -4.49. The van der Waals surface area contributed by atoms with Gasteiger partial charge in [0.15, 0.2) is 0 Å². The molecule has 43 heavy (non-hydrogen) atoms. The Kier molecular flexibility index (Phi) is 9.36. The fraction of sp³-hybridized carbons (Fsp3) is 0.552. The van der Waals surface area contributed by atoms with Crippen molar-refractivity contribution in [2.45, 2.75) is 84.2 Å². The van der Waals surface area contributed by atoms with Crippen LogP contribution in [0.4, 0.5) is 5.69 Å². The van der Waals surface area contributed by atoms with Gasteiger partial charge in [0.1, 0.15) is 48.2 Å². The number of anilines is 1. The summed E-state index contributed by atoms with van der Waals surface area (Å²) in [6.07, 6.45) is 1.84. The normalized spacial score (nSPS) is 18.9. The summed E-state index contributed by atoms with van der Waals surface area (Å²) in [7, 11) is 1.45. The quantitative estimate of drug-likeness (QED) is 0.265. The SMILES string of the molecule is CC[C@H](C)[C@@H](C(=O)N[C@H]1COc2cccc3c2N(C1=O)[C@H](C(=O)NCc1c[nH]nn1)C3)N(C)C(=O)CC(=O)OC(C)(C)C. The Balaban J connectivity index is 1.52. The second kappa shape index (κ2) is 12.8. The summed E-state index contributed by atoms with van der Waals surface area (Å²) in [6, 6.07) is 2.34. The predicted molar refractivity (Wildman–Crippen MR) is 154 cm³/mol. The van der Waals surface area contributed by atoms with Crippen molar-refractivity contribution in [2.75, 3.05) is 18.6 Å². The van der Waals surface area contributed by atoms with Crippen molar-refractivity contribution in [1.82, 2.24) is 30.9 Å². The molecule has 0 saturated carbocycles. The molecule has 0 radical (unpaired) electrons. The third-order valence-electron chi connectivity index (χ3n) is 7.50. The maximum atomic E-state index is 14.0. The van der Waals surface area contributed by atoms with Crippen LogP contribution >= 0.6 is 0 Å². The Morgan fingerprint density at radius 3 is 2.65 bits per heavy atom. The minimum absolute atomic E-state index is 0.119. The van der Waals surface area contributed by atoms with E-state index in [1.54, 1.807) is 39.1 Å². The van der Waals surface area contributed by atoms with Gasteiger partial charge < -0.3 is 25.0 Å². The van der Waals surface area contributed by atoms with Crippen LogP contribution < -0.4 is 20.3 Å². The molecule has 0 spiro atoms. The third-order valence-corrected chi connectivity index (χ3v) is 7.50. The van der Waals surface area contributed by atoms with Crippen molar-refractivity contribution in [2.24, 2.45) is 5.92 Å². The van der Waals surface area contributed by atoms with Crippen LogP contribution in [0.25, 0.3) is 0 Å². The maximum Gasteiger partial charge on any atom is 0.315 e. The van der Waals surface area contributed by atoms with E-state index in [9.17, 15) is 24.0 Å². The minimum atomic E-state index is -1.14. The molecular weight excluding hydrogens is 558 g/mol. The summed E-state index contributed by atoms with van der Waals surface area (Å²) >= 11 is 0. The molecule has 2 aliphatic rings. The van der Waals surface area contributed by atoms with Crippen LogP contribution in [-0.4, -0.2) is 87.3 Å². The number of carbonyl (C=O) groups is 5. The van der Waals surface area contributed by atoms with E-state index < -0.39 is 59.7 Å². The average Bonchev–Trinajstić information content (AvgIpc) is 3.57. The van der Waals surface area contributed by atoms with Crippen molar-refractivity contribution in [1.29, 1.82) is 0 Å². The first kappa shape index (κ1) is 31.4. The van der Waals surface area contributed by atoms with Gasteiger partial charge in [0.2, 0.25) is 17.7 Å². The fourth-order valence-corrected chi connectivity index (χ4v) is 5.25. The van der Waals surface area contributed by atoms with Crippen LogP contribution in [0.2, 0.25) is 0 Å². The van der Waals surface area contributed by atoms with Crippen molar-refractivity contribution in [3.8, 4) is 5.75 Å². The van der Waals surface area contributed by atoms with Gasteiger partial charge in [-0.05, 0) is 38.3 Å². The molecule has 1 aromatic carbocycles. The standard InChI is InChI=1S/C29H39N7O7/c1-7-16(2)24(35(6)22(37)12-23(38)43-29(3,4)5)27(40)32-19-15-42-21-10-8-9-17-11-20(36(25(17)21)28(19)41)26(39)30-13-18-14-31-34-33-18/h8-10,14,16,19-20,24H,7,11-13,15H2,1-6H3,(H,30,39)(H,32,40)(H,31,33,34)/t16-,19-,20-,24-/m0/s1. The van der Waals surface area contributed by atoms with Gasteiger partial charge in [-0.2, -0.15) is 0 Å². The number of nitrogens with one attached hydrogen (secondary N) is 3. The van der Waals surface area contributed by atoms with Gasteiger partial charge in [-0.15, -0.1) is 5.10 Å². The van der Waals surface area contributed by atoms with Gasteiger partial charge in [0.05, 0.1) is 12.2 Å². The van der Waals surface area contributed by atoms with E-state index in [1.807, 2.05) is 19.9 Å². The van der Waals surface area contributed by atoms with E-state index >= 15 is 0 Å². The summed E-state index contributed by atoms with van der Waals surface area (Å²) in [5, 5.41) is 15.7. The second-order valence-electron chi connectivity index (χ2n) is 11.8. The monoisotopic (exact) mass is 597 g/mol. The number of para-hydroxylation sites is 1. The van der Waals surface area contributed by atoms with Crippen LogP contribution in [0.1, 0.15) is 58.7 Å².